The van der Waals surface area contributed by atoms with Crippen LogP contribution in [-0.2, 0) is 22.7 Å². The number of amides is 2. The van der Waals surface area contributed by atoms with Gasteiger partial charge in [-0.3, -0.25) is 23.9 Å². The maximum Gasteiger partial charge on any atom is 0.237 e. The van der Waals surface area contributed by atoms with Crippen molar-refractivity contribution in [2.24, 2.45) is 0 Å². The Bertz CT molecular complexity index is 1030. The number of nitrogens with one attached hydrogen (secondary N) is 2. The van der Waals surface area contributed by atoms with Crippen LogP contribution in [0.1, 0.15) is 23.2 Å². The molecule has 4 rings (SSSR count). The van der Waals surface area contributed by atoms with E-state index in [0.717, 1.165) is 23.4 Å². The van der Waals surface area contributed by atoms with Gasteiger partial charge < -0.3 is 10.6 Å². The molecule has 29 heavy (non-hydrogen) atoms. The van der Waals surface area contributed by atoms with Gasteiger partial charge in [-0.05, 0) is 12.5 Å². The van der Waals surface area contributed by atoms with Gasteiger partial charge in [0.15, 0.2) is 5.65 Å². The Hall–Kier alpha value is -3.26. The van der Waals surface area contributed by atoms with E-state index in [-0.39, 0.29) is 18.2 Å². The summed E-state index contributed by atoms with van der Waals surface area (Å²) >= 11 is 0. The minimum atomic E-state index is -0.476. The zero-order chi connectivity index (χ0) is 20.2. The van der Waals surface area contributed by atoms with Gasteiger partial charge in [0.2, 0.25) is 11.8 Å². The normalized spacial score (nSPS) is 17.3. The minimum absolute atomic E-state index is 0.0973. The number of aryl methyl sites for hydroxylation is 1. The molecule has 150 valence electrons. The molecular formula is C21H24N6O2. The number of benzene rings is 1. The van der Waals surface area contributed by atoms with Gasteiger partial charge in [-0.1, -0.05) is 29.8 Å². The first kappa shape index (κ1) is 19.1. The van der Waals surface area contributed by atoms with Crippen LogP contribution in [0, 0.1) is 6.92 Å². The van der Waals surface area contributed by atoms with Gasteiger partial charge in [-0.25, -0.2) is 4.98 Å². The Morgan fingerprint density at radius 3 is 3.10 bits per heavy atom. The van der Waals surface area contributed by atoms with Crippen LogP contribution in [0.25, 0.3) is 5.65 Å². The van der Waals surface area contributed by atoms with Crippen molar-refractivity contribution in [3.63, 3.8) is 0 Å². The molecule has 1 aliphatic rings. The highest BCUT2D eigenvalue weighted by molar-refractivity contribution is 5.88. The molecule has 1 atom stereocenters. The maximum atomic E-state index is 12.6. The number of carbonyl (C=O) groups excluding carboxylic acids is 2. The number of carbonyl (C=O) groups is 2. The molecule has 3 heterocycles. The molecule has 1 aromatic carbocycles. The summed E-state index contributed by atoms with van der Waals surface area (Å²) < 4.78 is 1.88. The third kappa shape index (κ3) is 4.43. The van der Waals surface area contributed by atoms with Gasteiger partial charge in [-0.15, -0.1) is 0 Å². The lowest BCUT2D eigenvalue weighted by Gasteiger charge is -2.34. The van der Waals surface area contributed by atoms with Crippen LogP contribution in [0.3, 0.4) is 0 Å². The Morgan fingerprint density at radius 1 is 1.34 bits per heavy atom. The molecule has 3 aromatic rings. The number of imidazole rings is 1. The molecule has 8 nitrogen and oxygen atoms in total. The van der Waals surface area contributed by atoms with Crippen molar-refractivity contribution in [3.05, 3.63) is 65.9 Å². The van der Waals surface area contributed by atoms with Crippen LogP contribution in [0.2, 0.25) is 0 Å². The molecule has 1 fully saturated rings. The minimum Gasteiger partial charge on any atom is -0.353 e. The summed E-state index contributed by atoms with van der Waals surface area (Å²) in [5.41, 5.74) is 3.92. The van der Waals surface area contributed by atoms with Gasteiger partial charge in [-0.2, -0.15) is 0 Å². The Balaban J connectivity index is 1.39. The Labute approximate surface area is 169 Å². The SMILES string of the molecule is Cc1cccc(CN2CCNC(=O)[C@H]2CC(=O)NCc2cnc3cnccn23)c1. The van der Waals surface area contributed by atoms with Crippen LogP contribution < -0.4 is 10.6 Å². The number of rotatable bonds is 6. The van der Waals surface area contributed by atoms with Gasteiger partial charge in [0, 0.05) is 32.0 Å². The molecule has 0 spiro atoms. The summed E-state index contributed by atoms with van der Waals surface area (Å²) in [6, 6.07) is 7.75. The van der Waals surface area contributed by atoms with Gasteiger partial charge in [0.1, 0.15) is 0 Å². The summed E-state index contributed by atoms with van der Waals surface area (Å²) in [7, 11) is 0. The molecule has 2 N–H and O–H groups in total. The van der Waals surface area contributed by atoms with E-state index in [1.807, 2.05) is 29.7 Å². The van der Waals surface area contributed by atoms with E-state index in [1.54, 1.807) is 18.6 Å². The fourth-order valence-corrected chi connectivity index (χ4v) is 3.68. The highest BCUT2D eigenvalue weighted by Crippen LogP contribution is 2.15. The van der Waals surface area contributed by atoms with Gasteiger partial charge >= 0.3 is 0 Å². The van der Waals surface area contributed by atoms with Crippen molar-refractivity contribution in [2.75, 3.05) is 13.1 Å². The zero-order valence-electron chi connectivity index (χ0n) is 16.3. The van der Waals surface area contributed by atoms with Crippen molar-refractivity contribution < 1.29 is 9.59 Å². The summed E-state index contributed by atoms with van der Waals surface area (Å²) in [6.45, 7) is 4.35. The third-order valence-electron chi connectivity index (χ3n) is 5.15. The molecule has 2 amide bonds. The van der Waals surface area contributed by atoms with Crippen LogP contribution in [0.5, 0.6) is 0 Å². The number of piperazine rings is 1. The van der Waals surface area contributed by atoms with Crippen molar-refractivity contribution in [1.82, 2.24) is 29.9 Å². The topological polar surface area (TPSA) is 91.6 Å². The molecule has 8 heteroatoms. The first-order chi connectivity index (χ1) is 14.1. The lowest BCUT2D eigenvalue weighted by Crippen LogP contribution is -2.56. The van der Waals surface area contributed by atoms with E-state index in [9.17, 15) is 9.59 Å². The fraction of sp³-hybridized carbons (Fsp3) is 0.333. The molecule has 0 aliphatic carbocycles. The quantitative estimate of drug-likeness (QED) is 0.654. The first-order valence-electron chi connectivity index (χ1n) is 9.70. The number of nitrogens with zero attached hydrogens (tertiary/aromatic N) is 4. The van der Waals surface area contributed by atoms with Crippen LogP contribution in [0.4, 0.5) is 0 Å². The first-order valence-corrected chi connectivity index (χ1v) is 9.70. The van der Waals surface area contributed by atoms with Crippen molar-refractivity contribution in [2.45, 2.75) is 32.5 Å². The van der Waals surface area contributed by atoms with Gasteiger partial charge in [0.25, 0.3) is 0 Å². The predicted octanol–water partition coefficient (Wildman–Crippen LogP) is 1.04. The smallest absolute Gasteiger partial charge is 0.237 e. The van der Waals surface area contributed by atoms with Crippen molar-refractivity contribution >= 4 is 17.5 Å². The number of aromatic nitrogens is 3. The highest BCUT2D eigenvalue weighted by Gasteiger charge is 2.31. The van der Waals surface area contributed by atoms with Gasteiger partial charge in [0.05, 0.1) is 37.1 Å². The lowest BCUT2D eigenvalue weighted by atomic mass is 10.1. The number of hydrogen-bond acceptors (Lipinski definition) is 5. The molecule has 1 aliphatic heterocycles. The largest absolute Gasteiger partial charge is 0.353 e. The number of hydrogen-bond donors (Lipinski definition) is 2. The average molecular weight is 392 g/mol. The third-order valence-corrected chi connectivity index (χ3v) is 5.15. The summed E-state index contributed by atoms with van der Waals surface area (Å²) in [5, 5.41) is 5.79. The van der Waals surface area contributed by atoms with Crippen molar-refractivity contribution in [3.8, 4) is 0 Å². The molecule has 0 bridgehead atoms. The summed E-state index contributed by atoms with van der Waals surface area (Å²) in [4.78, 5) is 35.4. The van der Waals surface area contributed by atoms with E-state index in [4.69, 9.17) is 0 Å². The van der Waals surface area contributed by atoms with Crippen LogP contribution in [-0.4, -0.2) is 50.2 Å². The zero-order valence-corrected chi connectivity index (χ0v) is 16.3. The molecule has 0 saturated carbocycles. The molecule has 0 unspecified atom stereocenters. The van der Waals surface area contributed by atoms with E-state index in [1.165, 1.54) is 5.56 Å². The Kier molecular flexibility index (Phi) is 5.53. The molecule has 1 saturated heterocycles. The standard InChI is InChI=1S/C21H24N6O2/c1-15-3-2-4-16(9-15)14-26-7-6-23-21(29)18(26)10-20(28)25-12-17-11-24-19-13-22-5-8-27(17)19/h2-5,8-9,11,13,18H,6-7,10,12,14H2,1H3,(H,23,29)(H,25,28)/t18-/m1/s1. The molecule has 2 aromatic heterocycles. The van der Waals surface area contributed by atoms with E-state index in [2.05, 4.69) is 37.6 Å². The van der Waals surface area contributed by atoms with Crippen LogP contribution in [0.15, 0.2) is 49.1 Å². The van der Waals surface area contributed by atoms with E-state index in [0.29, 0.717) is 19.6 Å². The second-order valence-electron chi connectivity index (χ2n) is 7.30. The lowest BCUT2D eigenvalue weighted by molar-refractivity contribution is -0.134. The summed E-state index contributed by atoms with van der Waals surface area (Å²) in [6.07, 6.45) is 6.99. The van der Waals surface area contributed by atoms with Crippen LogP contribution >= 0.6 is 0 Å². The second kappa shape index (κ2) is 8.40. The van der Waals surface area contributed by atoms with Crippen molar-refractivity contribution in [1.29, 1.82) is 0 Å². The molecule has 0 radical (unpaired) electrons. The monoisotopic (exact) mass is 392 g/mol. The number of fused-ring (bicyclic) bond motifs is 1. The summed E-state index contributed by atoms with van der Waals surface area (Å²) in [5.74, 6) is -0.259. The molecular weight excluding hydrogens is 368 g/mol. The fourth-order valence-electron chi connectivity index (χ4n) is 3.68. The predicted molar refractivity (Wildman–Crippen MR) is 108 cm³/mol. The maximum absolute atomic E-state index is 12.6. The van der Waals surface area contributed by atoms with E-state index >= 15 is 0 Å². The average Bonchev–Trinajstić information content (AvgIpc) is 3.12. The second-order valence-corrected chi connectivity index (χ2v) is 7.30. The highest BCUT2D eigenvalue weighted by atomic mass is 16.2. The Morgan fingerprint density at radius 2 is 2.24 bits per heavy atom. The van der Waals surface area contributed by atoms with E-state index < -0.39 is 6.04 Å².